The fraction of sp³-hybridized carbons (Fsp3) is 0.312. The van der Waals surface area contributed by atoms with Gasteiger partial charge in [0.15, 0.2) is 0 Å². The molecule has 1 fully saturated rings. The summed E-state index contributed by atoms with van der Waals surface area (Å²) in [5.74, 6) is -1.13. The molecule has 2 N–H and O–H groups in total. The number of aromatic nitrogens is 1. The van der Waals surface area contributed by atoms with E-state index in [-0.39, 0.29) is 11.7 Å². The van der Waals surface area contributed by atoms with Gasteiger partial charge in [-0.25, -0.2) is 9.78 Å². The molecule has 6 heteroatoms. The lowest BCUT2D eigenvalue weighted by molar-refractivity contribution is -0.139. The second kappa shape index (κ2) is 5.63. The molecular formula is C16H16N2O4. The molecule has 0 aliphatic heterocycles. The topological polar surface area (TPSA) is 92.4 Å². The van der Waals surface area contributed by atoms with Gasteiger partial charge in [0.1, 0.15) is 6.04 Å². The number of carbonyl (C=O) groups is 2. The maximum Gasteiger partial charge on any atom is 0.326 e. The van der Waals surface area contributed by atoms with Crippen LogP contribution in [0.4, 0.5) is 0 Å². The molecule has 6 nitrogen and oxygen atoms in total. The highest BCUT2D eigenvalue weighted by Crippen LogP contribution is 2.33. The number of oxazole rings is 1. The predicted octanol–water partition coefficient (Wildman–Crippen LogP) is 2.24. The highest BCUT2D eigenvalue weighted by Gasteiger charge is 2.38. The minimum absolute atomic E-state index is 0.0123. The molecule has 1 aliphatic carbocycles. The molecule has 1 heterocycles. The van der Waals surface area contributed by atoms with Crippen LogP contribution in [-0.2, 0) is 4.79 Å². The summed E-state index contributed by atoms with van der Waals surface area (Å²) in [6.45, 7) is 1.66. The minimum Gasteiger partial charge on any atom is -0.480 e. The highest BCUT2D eigenvalue weighted by atomic mass is 16.4. The molecule has 1 aromatic heterocycles. The van der Waals surface area contributed by atoms with Crippen LogP contribution < -0.4 is 5.32 Å². The number of aliphatic carboxylic acids is 1. The van der Waals surface area contributed by atoms with Crippen LogP contribution in [0.25, 0.3) is 11.5 Å². The number of nitrogens with one attached hydrogen (secondary N) is 1. The predicted molar refractivity (Wildman–Crippen MR) is 78.3 cm³/mol. The summed E-state index contributed by atoms with van der Waals surface area (Å²) in [6.07, 6.45) is 1.64. The second-order valence-corrected chi connectivity index (χ2v) is 5.43. The molecular weight excluding hydrogens is 284 g/mol. The molecule has 0 saturated heterocycles. The Bertz CT molecular complexity index is 704. The van der Waals surface area contributed by atoms with Crippen LogP contribution >= 0.6 is 0 Å². The summed E-state index contributed by atoms with van der Waals surface area (Å²) in [6, 6.07) is 8.37. The van der Waals surface area contributed by atoms with Crippen LogP contribution in [0.15, 0.2) is 34.7 Å². The maximum atomic E-state index is 12.2. The Morgan fingerprint density at radius 3 is 2.59 bits per heavy atom. The summed E-state index contributed by atoms with van der Waals surface area (Å²) in [5, 5.41) is 11.7. The van der Waals surface area contributed by atoms with E-state index in [2.05, 4.69) is 10.3 Å². The van der Waals surface area contributed by atoms with Gasteiger partial charge in [-0.2, -0.15) is 0 Å². The molecule has 1 aliphatic rings. The van der Waals surface area contributed by atoms with Gasteiger partial charge in [-0.05, 0) is 37.8 Å². The number of hydrogen-bond donors (Lipinski definition) is 2. The van der Waals surface area contributed by atoms with Crippen LogP contribution in [0.1, 0.15) is 29.1 Å². The van der Waals surface area contributed by atoms with E-state index in [0.717, 1.165) is 18.4 Å². The van der Waals surface area contributed by atoms with Crippen molar-refractivity contribution >= 4 is 11.9 Å². The van der Waals surface area contributed by atoms with Crippen LogP contribution in [0.3, 0.4) is 0 Å². The van der Waals surface area contributed by atoms with Gasteiger partial charge in [-0.1, -0.05) is 18.2 Å². The van der Waals surface area contributed by atoms with Crippen LogP contribution in [0, 0.1) is 12.8 Å². The lowest BCUT2D eigenvalue weighted by Gasteiger charge is -2.12. The Hall–Kier alpha value is -2.63. The van der Waals surface area contributed by atoms with E-state index in [1.807, 2.05) is 30.3 Å². The van der Waals surface area contributed by atoms with Crippen LogP contribution in [-0.4, -0.2) is 28.0 Å². The Morgan fingerprint density at radius 2 is 2.00 bits per heavy atom. The molecule has 1 unspecified atom stereocenters. The molecule has 22 heavy (non-hydrogen) atoms. The van der Waals surface area contributed by atoms with Crippen molar-refractivity contribution in [2.75, 3.05) is 0 Å². The van der Waals surface area contributed by atoms with E-state index in [9.17, 15) is 14.7 Å². The van der Waals surface area contributed by atoms with Crippen molar-refractivity contribution in [1.29, 1.82) is 0 Å². The molecule has 3 rings (SSSR count). The number of amides is 1. The van der Waals surface area contributed by atoms with Crippen molar-refractivity contribution in [3.8, 4) is 11.5 Å². The largest absolute Gasteiger partial charge is 0.480 e. The minimum atomic E-state index is -1.02. The standard InChI is InChI=1S/C16H16N2O4/c1-9-13(14(19)18-12(16(20)21)10-7-8-10)22-15(17-9)11-5-3-2-4-6-11/h2-6,10,12H,7-8H2,1H3,(H,18,19)(H,20,21). The molecule has 1 aromatic carbocycles. The van der Waals surface area contributed by atoms with E-state index < -0.39 is 17.9 Å². The zero-order valence-electron chi connectivity index (χ0n) is 12.1. The third-order valence-corrected chi connectivity index (χ3v) is 3.67. The van der Waals surface area contributed by atoms with Gasteiger partial charge < -0.3 is 14.8 Å². The quantitative estimate of drug-likeness (QED) is 0.883. The first-order valence-electron chi connectivity index (χ1n) is 7.13. The molecule has 2 aromatic rings. The summed E-state index contributed by atoms with van der Waals surface area (Å²) in [5.41, 5.74) is 1.21. The van der Waals surface area contributed by atoms with Gasteiger partial charge in [0.2, 0.25) is 11.7 Å². The highest BCUT2D eigenvalue weighted by molar-refractivity contribution is 5.95. The zero-order chi connectivity index (χ0) is 15.7. The van der Waals surface area contributed by atoms with Gasteiger partial charge in [-0.15, -0.1) is 0 Å². The summed E-state index contributed by atoms with van der Waals surface area (Å²) in [7, 11) is 0. The first-order chi connectivity index (χ1) is 10.6. The van der Waals surface area contributed by atoms with Crippen molar-refractivity contribution in [2.24, 2.45) is 5.92 Å². The third-order valence-electron chi connectivity index (χ3n) is 3.67. The van der Waals surface area contributed by atoms with E-state index in [4.69, 9.17) is 4.42 Å². The van der Waals surface area contributed by atoms with Gasteiger partial charge >= 0.3 is 5.97 Å². The Balaban J connectivity index is 1.81. The molecule has 114 valence electrons. The lowest BCUT2D eigenvalue weighted by atomic mass is 10.2. The molecule has 1 amide bonds. The number of hydrogen-bond acceptors (Lipinski definition) is 4. The van der Waals surface area contributed by atoms with Gasteiger partial charge in [0.25, 0.3) is 5.91 Å². The van der Waals surface area contributed by atoms with Gasteiger partial charge in [0.05, 0.1) is 5.69 Å². The fourth-order valence-corrected chi connectivity index (χ4v) is 2.33. The van der Waals surface area contributed by atoms with E-state index in [1.165, 1.54) is 0 Å². The number of carbonyl (C=O) groups excluding carboxylic acids is 1. The number of benzene rings is 1. The Kier molecular flexibility index (Phi) is 3.66. The van der Waals surface area contributed by atoms with E-state index in [1.54, 1.807) is 6.92 Å². The normalized spacial score (nSPS) is 15.3. The SMILES string of the molecule is Cc1nc(-c2ccccc2)oc1C(=O)NC(C(=O)O)C1CC1. The average molecular weight is 300 g/mol. The molecule has 0 spiro atoms. The van der Waals surface area contributed by atoms with Crippen molar-refractivity contribution in [2.45, 2.75) is 25.8 Å². The Labute approximate surface area is 127 Å². The van der Waals surface area contributed by atoms with Crippen molar-refractivity contribution in [3.05, 3.63) is 41.8 Å². The second-order valence-electron chi connectivity index (χ2n) is 5.43. The van der Waals surface area contributed by atoms with E-state index in [0.29, 0.717) is 11.6 Å². The third kappa shape index (κ3) is 2.86. The van der Waals surface area contributed by atoms with Crippen LogP contribution in [0.2, 0.25) is 0 Å². The summed E-state index contributed by atoms with van der Waals surface area (Å²) in [4.78, 5) is 27.7. The zero-order valence-corrected chi connectivity index (χ0v) is 12.1. The summed E-state index contributed by atoms with van der Waals surface area (Å²) >= 11 is 0. The number of rotatable bonds is 5. The summed E-state index contributed by atoms with van der Waals surface area (Å²) < 4.78 is 5.53. The van der Waals surface area contributed by atoms with Gasteiger partial charge in [-0.3, -0.25) is 4.79 Å². The number of nitrogens with zero attached hydrogens (tertiary/aromatic N) is 1. The van der Waals surface area contributed by atoms with Crippen molar-refractivity contribution in [1.82, 2.24) is 10.3 Å². The number of carboxylic acids is 1. The maximum absolute atomic E-state index is 12.2. The van der Waals surface area contributed by atoms with Crippen molar-refractivity contribution < 1.29 is 19.1 Å². The van der Waals surface area contributed by atoms with E-state index >= 15 is 0 Å². The molecule has 1 atom stereocenters. The molecule has 0 radical (unpaired) electrons. The molecule has 0 bridgehead atoms. The number of carboxylic acid groups (broad SMARTS) is 1. The smallest absolute Gasteiger partial charge is 0.326 e. The first-order valence-corrected chi connectivity index (χ1v) is 7.13. The fourth-order valence-electron chi connectivity index (χ4n) is 2.33. The monoisotopic (exact) mass is 300 g/mol. The number of aryl methyl sites for hydroxylation is 1. The lowest BCUT2D eigenvalue weighted by Crippen LogP contribution is -2.42. The Morgan fingerprint density at radius 1 is 1.32 bits per heavy atom. The first kappa shape index (κ1) is 14.3. The molecule has 1 saturated carbocycles. The van der Waals surface area contributed by atoms with Crippen molar-refractivity contribution in [3.63, 3.8) is 0 Å². The van der Waals surface area contributed by atoms with Crippen LogP contribution in [0.5, 0.6) is 0 Å². The van der Waals surface area contributed by atoms with Gasteiger partial charge in [0, 0.05) is 5.56 Å². The average Bonchev–Trinajstić information content (AvgIpc) is 3.27.